The van der Waals surface area contributed by atoms with E-state index in [-0.39, 0.29) is 12.5 Å². The second-order valence-corrected chi connectivity index (χ2v) is 7.88. The Morgan fingerprint density at radius 1 is 1.20 bits per heavy atom. The molecular formula is C21H26N6O2S. The van der Waals surface area contributed by atoms with E-state index in [1.54, 1.807) is 16.4 Å². The number of aryl methyl sites for hydroxylation is 2. The fourth-order valence-electron chi connectivity index (χ4n) is 2.66. The summed E-state index contributed by atoms with van der Waals surface area (Å²) in [5.41, 5.74) is 3.02. The number of rotatable bonds is 11. The van der Waals surface area contributed by atoms with E-state index in [0.29, 0.717) is 5.75 Å². The third-order valence-corrected chi connectivity index (χ3v) is 5.34. The number of carbonyl (C=O) groups is 1. The zero-order valence-electron chi connectivity index (χ0n) is 17.2. The van der Waals surface area contributed by atoms with Gasteiger partial charge < -0.3 is 15.4 Å². The van der Waals surface area contributed by atoms with Crippen LogP contribution in [0, 0.1) is 6.92 Å². The number of nitrogens with one attached hydrogen (secondary N) is 2. The maximum absolute atomic E-state index is 12.1. The number of aromatic nitrogens is 4. The average Bonchev–Trinajstić information content (AvgIpc) is 3.16. The summed E-state index contributed by atoms with van der Waals surface area (Å²) in [6, 6.07) is 15.4. The van der Waals surface area contributed by atoms with Gasteiger partial charge in [0.15, 0.2) is 6.61 Å². The zero-order valence-corrected chi connectivity index (χ0v) is 18.0. The highest BCUT2D eigenvalue weighted by Gasteiger charge is 2.05. The van der Waals surface area contributed by atoms with Gasteiger partial charge in [-0.1, -0.05) is 41.6 Å². The van der Waals surface area contributed by atoms with Crippen LogP contribution in [0.3, 0.4) is 0 Å². The van der Waals surface area contributed by atoms with Gasteiger partial charge in [0, 0.05) is 25.0 Å². The third kappa shape index (κ3) is 7.16. The first kappa shape index (κ1) is 21.8. The molecule has 1 amide bonds. The van der Waals surface area contributed by atoms with Crippen LogP contribution in [0.25, 0.3) is 0 Å². The number of thioether (sulfide) groups is 1. The number of amides is 1. The number of benzene rings is 2. The summed E-state index contributed by atoms with van der Waals surface area (Å²) in [6.45, 7) is 3.61. The molecule has 2 N–H and O–H groups in total. The number of ether oxygens (including phenoxy) is 1. The van der Waals surface area contributed by atoms with Crippen molar-refractivity contribution in [3.8, 4) is 5.75 Å². The first-order chi connectivity index (χ1) is 14.6. The maximum Gasteiger partial charge on any atom is 0.262 e. The van der Waals surface area contributed by atoms with Crippen molar-refractivity contribution in [3.63, 3.8) is 0 Å². The lowest BCUT2D eigenvalue weighted by molar-refractivity contribution is -0.118. The van der Waals surface area contributed by atoms with E-state index < -0.39 is 0 Å². The Bertz CT molecular complexity index is 945. The molecular weight excluding hydrogens is 400 g/mol. The molecule has 0 saturated carbocycles. The lowest BCUT2D eigenvalue weighted by Crippen LogP contribution is -2.20. The molecule has 1 heterocycles. The SMILES string of the molecule is Cc1ccc(NC(=O)COc2cccc(CNCCCSc3nnnn3C)c2)cc1. The molecule has 9 heteroatoms. The molecule has 158 valence electrons. The van der Waals surface area contributed by atoms with Crippen LogP contribution in [0.1, 0.15) is 17.5 Å². The Morgan fingerprint density at radius 2 is 2.03 bits per heavy atom. The molecule has 0 bridgehead atoms. The lowest BCUT2D eigenvalue weighted by Gasteiger charge is -2.10. The first-order valence-corrected chi connectivity index (χ1v) is 10.7. The van der Waals surface area contributed by atoms with Crippen LogP contribution >= 0.6 is 11.8 Å². The van der Waals surface area contributed by atoms with Crippen LogP contribution in [0.2, 0.25) is 0 Å². The minimum absolute atomic E-state index is 0.0289. The number of carbonyl (C=O) groups excluding carboxylic acids is 1. The van der Waals surface area contributed by atoms with Crippen molar-refractivity contribution < 1.29 is 9.53 Å². The Kier molecular flexibility index (Phi) is 8.22. The Labute approximate surface area is 180 Å². The van der Waals surface area contributed by atoms with Crippen LogP contribution < -0.4 is 15.4 Å². The monoisotopic (exact) mass is 426 g/mol. The summed E-state index contributed by atoms with van der Waals surface area (Å²) in [5, 5.41) is 18.5. The van der Waals surface area contributed by atoms with Crippen molar-refractivity contribution >= 4 is 23.4 Å². The molecule has 0 unspecified atom stereocenters. The molecule has 0 aliphatic heterocycles. The predicted molar refractivity (Wildman–Crippen MR) is 118 cm³/mol. The quantitative estimate of drug-likeness (QED) is 0.360. The Morgan fingerprint density at radius 3 is 2.80 bits per heavy atom. The van der Waals surface area contributed by atoms with Gasteiger partial charge in [-0.2, -0.15) is 0 Å². The van der Waals surface area contributed by atoms with E-state index in [9.17, 15) is 4.79 Å². The van der Waals surface area contributed by atoms with Crippen molar-refractivity contribution in [3.05, 3.63) is 59.7 Å². The maximum atomic E-state index is 12.1. The van der Waals surface area contributed by atoms with Gasteiger partial charge in [0.05, 0.1) is 0 Å². The summed E-state index contributed by atoms with van der Waals surface area (Å²) in [6.07, 6.45) is 1.01. The van der Waals surface area contributed by atoms with Gasteiger partial charge >= 0.3 is 0 Å². The molecule has 0 atom stereocenters. The summed E-state index contributed by atoms with van der Waals surface area (Å²) >= 11 is 1.64. The van der Waals surface area contributed by atoms with Crippen LogP contribution in [0.5, 0.6) is 5.75 Å². The second kappa shape index (κ2) is 11.3. The van der Waals surface area contributed by atoms with E-state index in [1.807, 2.05) is 62.5 Å². The zero-order chi connectivity index (χ0) is 21.2. The average molecular weight is 427 g/mol. The van der Waals surface area contributed by atoms with Gasteiger partial charge in [0.25, 0.3) is 5.91 Å². The molecule has 8 nitrogen and oxygen atoms in total. The minimum atomic E-state index is -0.182. The largest absolute Gasteiger partial charge is 0.484 e. The topological polar surface area (TPSA) is 94.0 Å². The third-order valence-electron chi connectivity index (χ3n) is 4.24. The summed E-state index contributed by atoms with van der Waals surface area (Å²) < 4.78 is 7.31. The van der Waals surface area contributed by atoms with Crippen molar-refractivity contribution in [2.75, 3.05) is 24.2 Å². The highest BCUT2D eigenvalue weighted by molar-refractivity contribution is 7.99. The molecule has 2 aromatic carbocycles. The van der Waals surface area contributed by atoms with Gasteiger partial charge in [0.1, 0.15) is 5.75 Å². The molecule has 0 saturated heterocycles. The number of hydrogen-bond acceptors (Lipinski definition) is 7. The predicted octanol–water partition coefficient (Wildman–Crippen LogP) is 2.81. The molecule has 0 fully saturated rings. The summed E-state index contributed by atoms with van der Waals surface area (Å²) in [4.78, 5) is 12.1. The minimum Gasteiger partial charge on any atom is -0.484 e. The van der Waals surface area contributed by atoms with Crippen LogP contribution in [-0.2, 0) is 18.4 Å². The molecule has 1 aromatic heterocycles. The number of hydrogen-bond donors (Lipinski definition) is 2. The van der Waals surface area contributed by atoms with Crippen molar-refractivity contribution in [2.24, 2.45) is 7.05 Å². The van der Waals surface area contributed by atoms with Gasteiger partial charge in [0.2, 0.25) is 5.16 Å². The highest BCUT2D eigenvalue weighted by atomic mass is 32.2. The van der Waals surface area contributed by atoms with Crippen LogP contribution in [0.4, 0.5) is 5.69 Å². The smallest absolute Gasteiger partial charge is 0.262 e. The van der Waals surface area contributed by atoms with Crippen molar-refractivity contribution in [1.82, 2.24) is 25.5 Å². The molecule has 0 aliphatic rings. The fourth-order valence-corrected chi connectivity index (χ4v) is 3.45. The number of tetrazole rings is 1. The van der Waals surface area contributed by atoms with Gasteiger partial charge in [-0.15, -0.1) is 5.10 Å². The molecule has 0 radical (unpaired) electrons. The molecule has 0 aliphatic carbocycles. The Hall–Kier alpha value is -2.91. The normalized spacial score (nSPS) is 10.7. The van der Waals surface area contributed by atoms with E-state index in [1.165, 1.54) is 0 Å². The standard InChI is InChI=1S/C21H26N6O2S/c1-16-7-9-18(10-8-16)23-20(28)15-29-19-6-3-5-17(13-19)14-22-11-4-12-30-21-24-25-26-27(21)2/h3,5-10,13,22H,4,11-12,14-15H2,1-2H3,(H,23,28). The van der Waals surface area contributed by atoms with E-state index in [0.717, 1.165) is 47.2 Å². The summed E-state index contributed by atoms with van der Waals surface area (Å²) in [7, 11) is 1.84. The van der Waals surface area contributed by atoms with E-state index >= 15 is 0 Å². The molecule has 30 heavy (non-hydrogen) atoms. The lowest BCUT2D eigenvalue weighted by atomic mass is 10.2. The van der Waals surface area contributed by atoms with Crippen molar-refractivity contribution in [2.45, 2.75) is 25.0 Å². The van der Waals surface area contributed by atoms with Gasteiger partial charge in [-0.3, -0.25) is 4.79 Å². The first-order valence-electron chi connectivity index (χ1n) is 9.74. The van der Waals surface area contributed by atoms with Gasteiger partial charge in [-0.05, 0) is 60.1 Å². The van der Waals surface area contributed by atoms with E-state index in [4.69, 9.17) is 4.74 Å². The van der Waals surface area contributed by atoms with E-state index in [2.05, 4.69) is 26.2 Å². The van der Waals surface area contributed by atoms with Crippen LogP contribution in [0.15, 0.2) is 53.7 Å². The molecule has 0 spiro atoms. The summed E-state index contributed by atoms with van der Waals surface area (Å²) in [5.74, 6) is 1.44. The Balaban J connectivity index is 1.34. The molecule has 3 rings (SSSR count). The highest BCUT2D eigenvalue weighted by Crippen LogP contribution is 2.15. The molecule has 3 aromatic rings. The second-order valence-electron chi connectivity index (χ2n) is 6.81. The van der Waals surface area contributed by atoms with Gasteiger partial charge in [-0.25, -0.2) is 4.68 Å². The van der Waals surface area contributed by atoms with Crippen molar-refractivity contribution in [1.29, 1.82) is 0 Å². The number of anilines is 1. The fraction of sp³-hybridized carbons (Fsp3) is 0.333. The van der Waals surface area contributed by atoms with Crippen LogP contribution in [-0.4, -0.2) is 45.0 Å². The number of nitrogens with zero attached hydrogens (tertiary/aromatic N) is 4.